The number of aliphatic hydroxyl groups excluding tert-OH is 1. The highest BCUT2D eigenvalue weighted by atomic mass is 16.3. The van der Waals surface area contributed by atoms with Crippen LogP contribution < -0.4 is 10.2 Å². The van der Waals surface area contributed by atoms with Crippen LogP contribution in [0.25, 0.3) is 0 Å². The molecule has 1 aliphatic heterocycles. The third kappa shape index (κ3) is 3.73. The van der Waals surface area contributed by atoms with Gasteiger partial charge in [-0.15, -0.1) is 0 Å². The second-order valence-corrected chi connectivity index (χ2v) is 6.71. The molecule has 0 fully saturated rings. The van der Waals surface area contributed by atoms with E-state index < -0.39 is 0 Å². The summed E-state index contributed by atoms with van der Waals surface area (Å²) < 4.78 is 0. The van der Waals surface area contributed by atoms with Crippen molar-refractivity contribution in [3.05, 3.63) is 83.3 Å². The molecule has 142 valence electrons. The lowest BCUT2D eigenvalue weighted by atomic mass is 10.0. The van der Waals surface area contributed by atoms with Crippen molar-refractivity contribution in [2.75, 3.05) is 24.6 Å². The van der Waals surface area contributed by atoms with Crippen LogP contribution >= 0.6 is 0 Å². The number of benzene rings is 2. The van der Waals surface area contributed by atoms with Gasteiger partial charge in [0, 0.05) is 36.8 Å². The Bertz CT molecular complexity index is 975. The molecule has 0 radical (unpaired) electrons. The predicted molar refractivity (Wildman–Crippen MR) is 108 cm³/mol. The number of hydrogen-bond donors (Lipinski definition) is 2. The SMILES string of the molecule is O=C(NCCO)c1cccc2c1CCN2c1cc(Cc2ccccc2)ncn1. The average Bonchev–Trinajstić information content (AvgIpc) is 3.17. The lowest BCUT2D eigenvalue weighted by Crippen LogP contribution is -2.27. The molecule has 0 saturated carbocycles. The molecule has 4 rings (SSSR count). The number of nitrogens with zero attached hydrogens (tertiary/aromatic N) is 3. The van der Waals surface area contributed by atoms with Crippen molar-refractivity contribution in [2.24, 2.45) is 0 Å². The Morgan fingerprint density at radius 1 is 1.11 bits per heavy atom. The Labute approximate surface area is 163 Å². The summed E-state index contributed by atoms with van der Waals surface area (Å²) in [4.78, 5) is 23.4. The van der Waals surface area contributed by atoms with Crippen LogP contribution in [0.2, 0.25) is 0 Å². The molecule has 0 bridgehead atoms. The van der Waals surface area contributed by atoms with Gasteiger partial charge in [-0.2, -0.15) is 0 Å². The molecular formula is C22H22N4O2. The maximum absolute atomic E-state index is 12.4. The molecule has 0 aliphatic carbocycles. The third-order valence-electron chi connectivity index (χ3n) is 4.88. The summed E-state index contributed by atoms with van der Waals surface area (Å²) in [5.74, 6) is 0.688. The van der Waals surface area contributed by atoms with Crippen LogP contribution in [0.1, 0.15) is 27.2 Å². The number of carbonyl (C=O) groups is 1. The van der Waals surface area contributed by atoms with Gasteiger partial charge in [-0.3, -0.25) is 4.79 Å². The first kappa shape index (κ1) is 18.1. The Morgan fingerprint density at radius 3 is 2.79 bits per heavy atom. The molecule has 2 aromatic carbocycles. The van der Waals surface area contributed by atoms with E-state index in [-0.39, 0.29) is 19.1 Å². The number of hydrogen-bond acceptors (Lipinski definition) is 5. The van der Waals surface area contributed by atoms with Crippen molar-refractivity contribution >= 4 is 17.4 Å². The van der Waals surface area contributed by atoms with Crippen molar-refractivity contribution in [3.8, 4) is 0 Å². The molecular weight excluding hydrogens is 352 g/mol. The van der Waals surface area contributed by atoms with Gasteiger partial charge in [0.1, 0.15) is 12.1 Å². The summed E-state index contributed by atoms with van der Waals surface area (Å²) in [6.45, 7) is 0.945. The number of aromatic nitrogens is 2. The fraction of sp³-hybridized carbons (Fsp3) is 0.227. The van der Waals surface area contributed by atoms with Gasteiger partial charge in [0.2, 0.25) is 0 Å². The van der Waals surface area contributed by atoms with Crippen LogP contribution in [0.4, 0.5) is 11.5 Å². The van der Waals surface area contributed by atoms with Crippen molar-refractivity contribution in [1.82, 2.24) is 15.3 Å². The van der Waals surface area contributed by atoms with Crippen LogP contribution in [-0.2, 0) is 12.8 Å². The molecule has 0 saturated heterocycles. The second-order valence-electron chi connectivity index (χ2n) is 6.71. The average molecular weight is 374 g/mol. The summed E-state index contributed by atoms with van der Waals surface area (Å²) >= 11 is 0. The van der Waals surface area contributed by atoms with Crippen LogP contribution in [0, 0.1) is 0 Å². The van der Waals surface area contributed by atoms with Crippen LogP contribution in [0.3, 0.4) is 0 Å². The highest BCUT2D eigenvalue weighted by Crippen LogP contribution is 2.35. The first-order valence-electron chi connectivity index (χ1n) is 9.39. The van der Waals surface area contributed by atoms with E-state index in [0.29, 0.717) is 5.56 Å². The Kier molecular flexibility index (Phi) is 5.30. The lowest BCUT2D eigenvalue weighted by Gasteiger charge is -2.19. The fourth-order valence-electron chi connectivity index (χ4n) is 3.58. The van der Waals surface area contributed by atoms with E-state index >= 15 is 0 Å². The Balaban J connectivity index is 1.60. The van der Waals surface area contributed by atoms with Gasteiger partial charge in [0.25, 0.3) is 5.91 Å². The number of fused-ring (bicyclic) bond motifs is 1. The van der Waals surface area contributed by atoms with Crippen LogP contribution in [-0.4, -0.2) is 40.7 Å². The summed E-state index contributed by atoms with van der Waals surface area (Å²) in [6, 6.07) is 18.0. The zero-order valence-corrected chi connectivity index (χ0v) is 15.5. The van der Waals surface area contributed by atoms with E-state index in [1.807, 2.05) is 42.5 Å². The monoisotopic (exact) mass is 374 g/mol. The zero-order chi connectivity index (χ0) is 19.3. The maximum atomic E-state index is 12.4. The molecule has 28 heavy (non-hydrogen) atoms. The third-order valence-corrected chi connectivity index (χ3v) is 4.88. The normalized spacial score (nSPS) is 12.7. The number of anilines is 2. The topological polar surface area (TPSA) is 78.4 Å². The van der Waals surface area contributed by atoms with E-state index in [0.717, 1.165) is 42.1 Å². The summed E-state index contributed by atoms with van der Waals surface area (Å²) in [7, 11) is 0. The van der Waals surface area contributed by atoms with Gasteiger partial charge < -0.3 is 15.3 Å². The number of rotatable bonds is 6. The van der Waals surface area contributed by atoms with Gasteiger partial charge in [-0.05, 0) is 29.7 Å². The number of carbonyl (C=O) groups excluding carboxylic acids is 1. The molecule has 0 atom stereocenters. The summed E-state index contributed by atoms with van der Waals surface area (Å²) in [5.41, 5.74) is 4.84. The molecule has 2 heterocycles. The Hall–Kier alpha value is -3.25. The minimum Gasteiger partial charge on any atom is -0.395 e. The second kappa shape index (κ2) is 8.19. The van der Waals surface area contributed by atoms with E-state index in [9.17, 15) is 4.79 Å². The number of nitrogens with one attached hydrogen (secondary N) is 1. The van der Waals surface area contributed by atoms with Crippen molar-refractivity contribution in [3.63, 3.8) is 0 Å². The molecule has 0 spiro atoms. The standard InChI is InChI=1S/C22H22N4O2/c27-12-10-23-22(28)19-7-4-8-20-18(19)9-11-26(20)21-14-17(24-15-25-21)13-16-5-2-1-3-6-16/h1-8,14-15,27H,9-13H2,(H,23,28). The highest BCUT2D eigenvalue weighted by Gasteiger charge is 2.26. The van der Waals surface area contributed by atoms with Crippen LogP contribution in [0.5, 0.6) is 0 Å². The lowest BCUT2D eigenvalue weighted by molar-refractivity contribution is 0.0944. The maximum Gasteiger partial charge on any atom is 0.251 e. The first-order valence-corrected chi connectivity index (χ1v) is 9.39. The first-order chi connectivity index (χ1) is 13.8. The van der Waals surface area contributed by atoms with Gasteiger partial charge in [0.05, 0.1) is 12.3 Å². The van der Waals surface area contributed by atoms with Crippen molar-refractivity contribution in [2.45, 2.75) is 12.8 Å². The van der Waals surface area contributed by atoms with E-state index in [4.69, 9.17) is 5.11 Å². The minimum atomic E-state index is -0.153. The van der Waals surface area contributed by atoms with Gasteiger partial charge in [-0.25, -0.2) is 9.97 Å². The van der Waals surface area contributed by atoms with Gasteiger partial charge >= 0.3 is 0 Å². The smallest absolute Gasteiger partial charge is 0.251 e. The molecule has 0 unspecified atom stereocenters. The molecule has 1 aromatic heterocycles. The molecule has 1 amide bonds. The van der Waals surface area contributed by atoms with Crippen LogP contribution in [0.15, 0.2) is 60.9 Å². The summed E-state index contributed by atoms with van der Waals surface area (Å²) in [5, 5.41) is 11.7. The quantitative estimate of drug-likeness (QED) is 0.693. The molecule has 6 heteroatoms. The highest BCUT2D eigenvalue weighted by molar-refractivity contribution is 5.98. The van der Waals surface area contributed by atoms with E-state index in [1.165, 1.54) is 5.56 Å². The molecule has 6 nitrogen and oxygen atoms in total. The minimum absolute atomic E-state index is 0.0714. The fourth-order valence-corrected chi connectivity index (χ4v) is 3.58. The Morgan fingerprint density at radius 2 is 1.96 bits per heavy atom. The number of amides is 1. The zero-order valence-electron chi connectivity index (χ0n) is 15.5. The van der Waals surface area contributed by atoms with E-state index in [2.05, 4.69) is 32.3 Å². The largest absolute Gasteiger partial charge is 0.395 e. The van der Waals surface area contributed by atoms with Crippen molar-refractivity contribution in [1.29, 1.82) is 0 Å². The summed E-state index contributed by atoms with van der Waals surface area (Å²) in [6.07, 6.45) is 3.13. The number of aliphatic hydroxyl groups is 1. The molecule has 1 aliphatic rings. The van der Waals surface area contributed by atoms with Gasteiger partial charge in [-0.1, -0.05) is 36.4 Å². The van der Waals surface area contributed by atoms with Gasteiger partial charge in [0.15, 0.2) is 0 Å². The molecule has 3 aromatic rings. The van der Waals surface area contributed by atoms with Crippen molar-refractivity contribution < 1.29 is 9.90 Å². The molecule has 2 N–H and O–H groups in total. The predicted octanol–water partition coefficient (Wildman–Crippen LogP) is 2.48. The van der Waals surface area contributed by atoms with E-state index in [1.54, 1.807) is 6.33 Å².